The zero-order valence-electron chi connectivity index (χ0n) is 10.2. The van der Waals surface area contributed by atoms with E-state index >= 15 is 0 Å². The predicted octanol–water partition coefficient (Wildman–Crippen LogP) is 3.31. The molecule has 5 heteroatoms. The standard InChI is InChI=1S/C14H13F3O2/c1-19-12-7-6-9(8-13(18)14(15,16)17)10-4-2-3-5-11(10)12/h2-7,13,18H,8H2,1H3. The Morgan fingerprint density at radius 3 is 2.32 bits per heavy atom. The Balaban J connectivity index is 2.45. The summed E-state index contributed by atoms with van der Waals surface area (Å²) in [5, 5.41) is 10.6. The first-order valence-electron chi connectivity index (χ1n) is 5.73. The molecule has 0 amide bonds. The summed E-state index contributed by atoms with van der Waals surface area (Å²) in [5.74, 6) is 0.598. The van der Waals surface area contributed by atoms with Crippen LogP contribution >= 0.6 is 0 Å². The molecule has 0 heterocycles. The maximum atomic E-state index is 12.4. The molecular formula is C14H13F3O2. The van der Waals surface area contributed by atoms with Gasteiger partial charge < -0.3 is 9.84 Å². The largest absolute Gasteiger partial charge is 0.496 e. The maximum absolute atomic E-state index is 12.4. The minimum atomic E-state index is -4.61. The topological polar surface area (TPSA) is 29.5 Å². The minimum Gasteiger partial charge on any atom is -0.496 e. The van der Waals surface area contributed by atoms with Gasteiger partial charge in [-0.25, -0.2) is 0 Å². The first-order chi connectivity index (χ1) is 8.93. The van der Waals surface area contributed by atoms with Gasteiger partial charge in [-0.3, -0.25) is 0 Å². The van der Waals surface area contributed by atoms with Crippen LogP contribution in [0.3, 0.4) is 0 Å². The Morgan fingerprint density at radius 2 is 1.74 bits per heavy atom. The number of fused-ring (bicyclic) bond motifs is 1. The first-order valence-corrected chi connectivity index (χ1v) is 5.73. The van der Waals surface area contributed by atoms with Crippen LogP contribution in [0.1, 0.15) is 5.56 Å². The molecule has 2 aromatic carbocycles. The number of hydrogen-bond acceptors (Lipinski definition) is 2. The Labute approximate surface area is 108 Å². The predicted molar refractivity (Wildman–Crippen MR) is 66.3 cm³/mol. The van der Waals surface area contributed by atoms with E-state index < -0.39 is 18.7 Å². The van der Waals surface area contributed by atoms with E-state index in [2.05, 4.69) is 0 Å². The van der Waals surface area contributed by atoms with Crippen LogP contribution in [-0.2, 0) is 6.42 Å². The zero-order valence-corrected chi connectivity index (χ0v) is 10.2. The van der Waals surface area contributed by atoms with Gasteiger partial charge in [0, 0.05) is 11.8 Å². The lowest BCUT2D eigenvalue weighted by Gasteiger charge is -2.16. The third-order valence-corrected chi connectivity index (χ3v) is 2.99. The van der Waals surface area contributed by atoms with E-state index in [9.17, 15) is 13.2 Å². The van der Waals surface area contributed by atoms with E-state index in [1.807, 2.05) is 0 Å². The Kier molecular flexibility index (Phi) is 3.66. The van der Waals surface area contributed by atoms with Crippen LogP contribution in [0, 0.1) is 0 Å². The summed E-state index contributed by atoms with van der Waals surface area (Å²) in [4.78, 5) is 0. The van der Waals surface area contributed by atoms with Crippen molar-refractivity contribution < 1.29 is 23.0 Å². The molecule has 0 aliphatic carbocycles. The van der Waals surface area contributed by atoms with Gasteiger partial charge in [0.25, 0.3) is 0 Å². The van der Waals surface area contributed by atoms with Gasteiger partial charge in [-0.15, -0.1) is 0 Å². The lowest BCUT2D eigenvalue weighted by Crippen LogP contribution is -2.30. The fourth-order valence-corrected chi connectivity index (χ4v) is 2.01. The molecule has 2 aromatic rings. The molecule has 0 aromatic heterocycles. The fraction of sp³-hybridized carbons (Fsp3) is 0.286. The number of aliphatic hydroxyl groups is 1. The molecule has 2 rings (SSSR count). The number of alkyl halides is 3. The molecule has 1 unspecified atom stereocenters. The lowest BCUT2D eigenvalue weighted by atomic mass is 9.99. The van der Waals surface area contributed by atoms with Crippen molar-refractivity contribution in [1.29, 1.82) is 0 Å². The van der Waals surface area contributed by atoms with Gasteiger partial charge in [-0.1, -0.05) is 30.3 Å². The van der Waals surface area contributed by atoms with Crippen LogP contribution in [0.15, 0.2) is 36.4 Å². The van der Waals surface area contributed by atoms with E-state index in [4.69, 9.17) is 9.84 Å². The smallest absolute Gasteiger partial charge is 0.414 e. The van der Waals surface area contributed by atoms with Crippen LogP contribution in [-0.4, -0.2) is 24.5 Å². The van der Waals surface area contributed by atoms with E-state index in [0.717, 1.165) is 5.39 Å². The summed E-state index contributed by atoms with van der Waals surface area (Å²) in [5.41, 5.74) is 0.446. The van der Waals surface area contributed by atoms with Crippen LogP contribution in [0.5, 0.6) is 5.75 Å². The summed E-state index contributed by atoms with van der Waals surface area (Å²) in [7, 11) is 1.51. The van der Waals surface area contributed by atoms with Crippen molar-refractivity contribution in [2.45, 2.75) is 18.7 Å². The molecule has 0 aliphatic rings. The maximum Gasteiger partial charge on any atom is 0.414 e. The molecule has 1 atom stereocenters. The van der Waals surface area contributed by atoms with Gasteiger partial charge >= 0.3 is 6.18 Å². The summed E-state index contributed by atoms with van der Waals surface area (Å²) in [6, 6.07) is 10.2. The molecule has 0 aliphatic heterocycles. The van der Waals surface area contributed by atoms with Crippen molar-refractivity contribution in [3.05, 3.63) is 42.0 Å². The highest BCUT2D eigenvalue weighted by molar-refractivity contribution is 5.91. The average molecular weight is 270 g/mol. The Morgan fingerprint density at radius 1 is 1.11 bits per heavy atom. The van der Waals surface area contributed by atoms with Crippen molar-refractivity contribution in [2.75, 3.05) is 7.11 Å². The number of hydrogen-bond donors (Lipinski definition) is 1. The Bertz CT molecular complexity index is 578. The highest BCUT2D eigenvalue weighted by Gasteiger charge is 2.38. The minimum absolute atomic E-state index is 0.446. The van der Waals surface area contributed by atoms with Crippen molar-refractivity contribution >= 4 is 10.8 Å². The van der Waals surface area contributed by atoms with Crippen molar-refractivity contribution in [3.8, 4) is 5.75 Å². The summed E-state index contributed by atoms with van der Waals surface area (Å²) < 4.78 is 42.4. The second kappa shape index (κ2) is 5.09. The third kappa shape index (κ3) is 2.81. The van der Waals surface area contributed by atoms with Gasteiger partial charge in [0.2, 0.25) is 0 Å². The lowest BCUT2D eigenvalue weighted by molar-refractivity contribution is -0.202. The number of rotatable bonds is 3. The molecule has 0 saturated carbocycles. The number of benzene rings is 2. The monoisotopic (exact) mass is 270 g/mol. The second-order valence-corrected chi connectivity index (χ2v) is 4.23. The first kappa shape index (κ1) is 13.7. The molecule has 0 spiro atoms. The van der Waals surface area contributed by atoms with Gasteiger partial charge in [0.15, 0.2) is 6.10 Å². The van der Waals surface area contributed by atoms with E-state index in [1.165, 1.54) is 7.11 Å². The van der Waals surface area contributed by atoms with E-state index in [-0.39, 0.29) is 0 Å². The average Bonchev–Trinajstić information content (AvgIpc) is 2.38. The number of halogens is 3. The Hall–Kier alpha value is -1.75. The van der Waals surface area contributed by atoms with E-state index in [0.29, 0.717) is 16.7 Å². The number of methoxy groups -OCH3 is 1. The molecule has 0 saturated heterocycles. The normalized spacial score (nSPS) is 13.5. The van der Waals surface area contributed by atoms with Gasteiger partial charge in [-0.2, -0.15) is 13.2 Å². The molecule has 1 N–H and O–H groups in total. The van der Waals surface area contributed by atoms with Gasteiger partial charge in [0.05, 0.1) is 7.11 Å². The number of ether oxygens (including phenoxy) is 1. The van der Waals surface area contributed by atoms with Gasteiger partial charge in [-0.05, 0) is 17.0 Å². The van der Waals surface area contributed by atoms with Gasteiger partial charge in [0.1, 0.15) is 5.75 Å². The SMILES string of the molecule is COc1ccc(CC(O)C(F)(F)F)c2ccccc12. The zero-order chi connectivity index (χ0) is 14.0. The molecule has 102 valence electrons. The van der Waals surface area contributed by atoms with Crippen LogP contribution < -0.4 is 4.74 Å². The highest BCUT2D eigenvalue weighted by Crippen LogP contribution is 2.31. The molecule has 0 radical (unpaired) electrons. The quantitative estimate of drug-likeness (QED) is 0.927. The van der Waals surface area contributed by atoms with Crippen LogP contribution in [0.4, 0.5) is 13.2 Å². The number of aliphatic hydroxyl groups excluding tert-OH is 1. The van der Waals surface area contributed by atoms with Crippen molar-refractivity contribution in [1.82, 2.24) is 0 Å². The third-order valence-electron chi connectivity index (χ3n) is 2.99. The molecule has 19 heavy (non-hydrogen) atoms. The fourth-order valence-electron chi connectivity index (χ4n) is 2.01. The highest BCUT2D eigenvalue weighted by atomic mass is 19.4. The van der Waals surface area contributed by atoms with Crippen LogP contribution in [0.25, 0.3) is 10.8 Å². The van der Waals surface area contributed by atoms with Crippen molar-refractivity contribution in [3.63, 3.8) is 0 Å². The molecule has 0 fully saturated rings. The molecule has 0 bridgehead atoms. The molecular weight excluding hydrogens is 257 g/mol. The van der Waals surface area contributed by atoms with Crippen molar-refractivity contribution in [2.24, 2.45) is 0 Å². The summed E-state index contributed by atoms with van der Waals surface area (Å²) >= 11 is 0. The van der Waals surface area contributed by atoms with E-state index in [1.54, 1.807) is 36.4 Å². The summed E-state index contributed by atoms with van der Waals surface area (Å²) in [6.07, 6.45) is -7.43. The summed E-state index contributed by atoms with van der Waals surface area (Å²) in [6.45, 7) is 0. The second-order valence-electron chi connectivity index (χ2n) is 4.23. The van der Waals surface area contributed by atoms with Crippen LogP contribution in [0.2, 0.25) is 0 Å². The molecule has 2 nitrogen and oxygen atoms in total.